The Morgan fingerprint density at radius 2 is 1.97 bits per heavy atom. The molecule has 0 amide bonds. The van der Waals surface area contributed by atoms with Crippen molar-refractivity contribution in [2.24, 2.45) is 12.0 Å². The number of sulfonamides is 1. The summed E-state index contributed by atoms with van der Waals surface area (Å²) in [6, 6.07) is 12.8. The van der Waals surface area contributed by atoms with Crippen molar-refractivity contribution in [1.82, 2.24) is 13.9 Å². The van der Waals surface area contributed by atoms with E-state index in [2.05, 4.69) is 23.3 Å². The SMILES string of the molecule is CCCCC1CC=CC(Nc2ccc(S(=O)(=O)N(C)Cc3ccc(OC)cc3)cc2-c2cn(C)cn2)=N1. The summed E-state index contributed by atoms with van der Waals surface area (Å²) in [5.74, 6) is 1.50. The number of methoxy groups -OCH3 is 1. The minimum atomic E-state index is -3.75. The number of amidine groups is 1. The molecule has 1 aliphatic rings. The minimum absolute atomic E-state index is 0.205. The third-order valence-electron chi connectivity index (χ3n) is 6.40. The Morgan fingerprint density at radius 1 is 1.19 bits per heavy atom. The third kappa shape index (κ3) is 6.47. The Morgan fingerprint density at radius 3 is 2.65 bits per heavy atom. The van der Waals surface area contributed by atoms with Crippen LogP contribution in [0.2, 0.25) is 0 Å². The first-order valence-electron chi connectivity index (χ1n) is 12.5. The van der Waals surface area contributed by atoms with Crippen molar-refractivity contribution in [2.45, 2.75) is 50.1 Å². The molecule has 1 unspecified atom stereocenters. The van der Waals surface area contributed by atoms with E-state index in [9.17, 15) is 8.42 Å². The number of anilines is 1. The highest BCUT2D eigenvalue weighted by molar-refractivity contribution is 7.89. The van der Waals surface area contributed by atoms with Gasteiger partial charge in [0, 0.05) is 38.1 Å². The van der Waals surface area contributed by atoms with Gasteiger partial charge in [0.15, 0.2) is 0 Å². The van der Waals surface area contributed by atoms with E-state index in [1.54, 1.807) is 38.7 Å². The zero-order valence-corrected chi connectivity index (χ0v) is 22.7. The second kappa shape index (κ2) is 11.7. The van der Waals surface area contributed by atoms with Crippen molar-refractivity contribution in [3.05, 3.63) is 72.7 Å². The Bertz CT molecular complexity index is 1380. The van der Waals surface area contributed by atoms with E-state index in [1.807, 2.05) is 48.2 Å². The van der Waals surface area contributed by atoms with Gasteiger partial charge in [-0.2, -0.15) is 4.31 Å². The lowest BCUT2D eigenvalue weighted by molar-refractivity contribution is 0.414. The topological polar surface area (TPSA) is 88.8 Å². The summed E-state index contributed by atoms with van der Waals surface area (Å²) in [4.78, 5) is 9.57. The summed E-state index contributed by atoms with van der Waals surface area (Å²) in [6.07, 6.45) is 12.0. The van der Waals surface area contributed by atoms with Crippen LogP contribution in [0.1, 0.15) is 38.2 Å². The van der Waals surface area contributed by atoms with Crippen LogP contribution in [0.3, 0.4) is 0 Å². The van der Waals surface area contributed by atoms with E-state index in [1.165, 1.54) is 4.31 Å². The molecule has 9 heteroatoms. The van der Waals surface area contributed by atoms with Crippen molar-refractivity contribution in [3.8, 4) is 17.0 Å². The average molecular weight is 522 g/mol. The summed E-state index contributed by atoms with van der Waals surface area (Å²) in [6.45, 7) is 2.43. The lowest BCUT2D eigenvalue weighted by atomic mass is 10.0. The summed E-state index contributed by atoms with van der Waals surface area (Å²) >= 11 is 0. The predicted octanol–water partition coefficient (Wildman–Crippen LogP) is 5.25. The second-order valence-electron chi connectivity index (χ2n) is 9.31. The number of ether oxygens (including phenoxy) is 1. The minimum Gasteiger partial charge on any atom is -0.497 e. The molecule has 8 nitrogen and oxygen atoms in total. The average Bonchev–Trinajstić information content (AvgIpc) is 3.34. The number of rotatable bonds is 10. The number of aryl methyl sites for hydroxylation is 1. The van der Waals surface area contributed by atoms with Crippen molar-refractivity contribution in [1.29, 1.82) is 0 Å². The van der Waals surface area contributed by atoms with Crippen LogP contribution < -0.4 is 10.1 Å². The van der Waals surface area contributed by atoms with E-state index in [0.29, 0.717) is 11.3 Å². The number of nitrogens with one attached hydrogen (secondary N) is 1. The molecular formula is C28H35N5O3S. The van der Waals surface area contributed by atoms with E-state index in [0.717, 1.165) is 48.5 Å². The van der Waals surface area contributed by atoms with Crippen LogP contribution in [0.15, 0.2) is 77.0 Å². The molecule has 1 N–H and O–H groups in total. The first kappa shape index (κ1) is 26.6. The summed E-state index contributed by atoms with van der Waals surface area (Å²) < 4.78 is 35.4. The van der Waals surface area contributed by atoms with Crippen molar-refractivity contribution < 1.29 is 13.2 Å². The summed E-state index contributed by atoms with van der Waals surface area (Å²) in [5.41, 5.74) is 3.01. The number of nitrogens with zero attached hydrogens (tertiary/aromatic N) is 4. The Labute approximate surface area is 219 Å². The van der Waals surface area contributed by atoms with Crippen LogP contribution in [0.25, 0.3) is 11.3 Å². The normalized spacial score (nSPS) is 15.6. The number of dihydropyridines is 1. The fourth-order valence-electron chi connectivity index (χ4n) is 4.27. The number of aliphatic imine (C=N–C) groups is 1. The van der Waals surface area contributed by atoms with Crippen LogP contribution in [-0.2, 0) is 23.6 Å². The van der Waals surface area contributed by atoms with Crippen LogP contribution >= 0.6 is 0 Å². The number of imidazole rings is 1. The number of benzene rings is 2. The lowest BCUT2D eigenvalue weighted by Gasteiger charge is -2.20. The molecule has 2 heterocycles. The Hall–Kier alpha value is -3.43. The highest BCUT2D eigenvalue weighted by Gasteiger charge is 2.23. The zero-order valence-electron chi connectivity index (χ0n) is 21.9. The Balaban J connectivity index is 1.63. The molecule has 37 heavy (non-hydrogen) atoms. The molecule has 3 aromatic rings. The van der Waals surface area contributed by atoms with Crippen LogP contribution in [0.4, 0.5) is 5.69 Å². The number of hydrogen-bond acceptors (Lipinski definition) is 6. The maximum absolute atomic E-state index is 13.5. The highest BCUT2D eigenvalue weighted by atomic mass is 32.2. The molecule has 1 aliphatic heterocycles. The van der Waals surface area contributed by atoms with E-state index in [4.69, 9.17) is 9.73 Å². The molecule has 196 valence electrons. The van der Waals surface area contributed by atoms with E-state index < -0.39 is 10.0 Å². The quantitative estimate of drug-likeness (QED) is 0.394. The van der Waals surface area contributed by atoms with Gasteiger partial charge in [0.1, 0.15) is 11.6 Å². The van der Waals surface area contributed by atoms with Gasteiger partial charge in [-0.3, -0.25) is 4.99 Å². The molecule has 0 saturated heterocycles. The van der Waals surface area contributed by atoms with Gasteiger partial charge in [0.2, 0.25) is 10.0 Å². The maximum atomic E-state index is 13.5. The first-order chi connectivity index (χ1) is 17.8. The van der Waals surface area contributed by atoms with Crippen molar-refractivity contribution in [3.63, 3.8) is 0 Å². The largest absolute Gasteiger partial charge is 0.497 e. The van der Waals surface area contributed by atoms with Crippen LogP contribution in [0, 0.1) is 0 Å². The van der Waals surface area contributed by atoms with Gasteiger partial charge >= 0.3 is 0 Å². The zero-order chi connectivity index (χ0) is 26.4. The maximum Gasteiger partial charge on any atom is 0.243 e. The third-order valence-corrected chi connectivity index (χ3v) is 8.20. The molecule has 0 spiro atoms. The van der Waals surface area contributed by atoms with Gasteiger partial charge < -0.3 is 14.6 Å². The van der Waals surface area contributed by atoms with Crippen LogP contribution in [-0.4, -0.2) is 48.3 Å². The fourth-order valence-corrected chi connectivity index (χ4v) is 5.46. The number of aromatic nitrogens is 2. The molecule has 4 rings (SSSR count). The molecule has 1 aromatic heterocycles. The Kier molecular flexibility index (Phi) is 8.45. The van der Waals surface area contributed by atoms with Gasteiger partial charge in [-0.25, -0.2) is 13.4 Å². The number of unbranched alkanes of at least 4 members (excludes halogenated alkanes) is 1. The molecule has 0 radical (unpaired) electrons. The van der Waals surface area contributed by atoms with Gasteiger partial charge in [0.05, 0.1) is 30.1 Å². The second-order valence-corrected chi connectivity index (χ2v) is 11.4. The van der Waals surface area contributed by atoms with E-state index in [-0.39, 0.29) is 17.5 Å². The van der Waals surface area contributed by atoms with Gasteiger partial charge in [-0.15, -0.1) is 0 Å². The van der Waals surface area contributed by atoms with Gasteiger partial charge in [-0.05, 0) is 54.8 Å². The van der Waals surface area contributed by atoms with Crippen LogP contribution in [0.5, 0.6) is 5.75 Å². The smallest absolute Gasteiger partial charge is 0.243 e. The first-order valence-corrected chi connectivity index (χ1v) is 14.0. The lowest BCUT2D eigenvalue weighted by Crippen LogP contribution is -2.26. The predicted molar refractivity (Wildman–Crippen MR) is 148 cm³/mol. The van der Waals surface area contributed by atoms with Gasteiger partial charge in [0.25, 0.3) is 0 Å². The highest BCUT2D eigenvalue weighted by Crippen LogP contribution is 2.31. The number of hydrogen-bond donors (Lipinski definition) is 1. The summed E-state index contributed by atoms with van der Waals surface area (Å²) in [7, 11) is 1.33. The van der Waals surface area contributed by atoms with E-state index >= 15 is 0 Å². The molecule has 0 fully saturated rings. The molecule has 0 bridgehead atoms. The molecular weight excluding hydrogens is 486 g/mol. The molecule has 2 aromatic carbocycles. The van der Waals surface area contributed by atoms with Gasteiger partial charge in [-0.1, -0.05) is 38.0 Å². The molecule has 1 atom stereocenters. The van der Waals surface area contributed by atoms with Crippen molar-refractivity contribution in [2.75, 3.05) is 19.5 Å². The van der Waals surface area contributed by atoms with Crippen molar-refractivity contribution >= 4 is 21.5 Å². The molecule has 0 aliphatic carbocycles. The molecule has 0 saturated carbocycles. The monoisotopic (exact) mass is 521 g/mol. The fraction of sp³-hybridized carbons (Fsp3) is 0.357. The summed E-state index contributed by atoms with van der Waals surface area (Å²) in [5, 5.41) is 3.42. The standard InChI is InChI=1S/C28H35N5O3S/c1-5-6-8-22-9-7-10-28(30-22)31-26-16-15-24(17-25(26)27-19-32(2)20-29-27)37(34,35)33(3)18-21-11-13-23(36-4)14-12-21/h7,10-17,19-20,22H,5-6,8-9,18H2,1-4H3,(H,30,31).